The quantitative estimate of drug-likeness (QED) is 0.777. The Hall–Kier alpha value is -1.99. The zero-order chi connectivity index (χ0) is 16.8. The van der Waals surface area contributed by atoms with Crippen molar-refractivity contribution >= 4 is 23.2 Å². The van der Waals surface area contributed by atoms with Crippen molar-refractivity contribution in [1.29, 1.82) is 0 Å². The summed E-state index contributed by atoms with van der Waals surface area (Å²) in [5.74, 6) is 0.527. The molecule has 0 aliphatic carbocycles. The Morgan fingerprint density at radius 3 is 2.74 bits per heavy atom. The number of carbonyl (C=O) groups excluding carboxylic acids is 1. The van der Waals surface area contributed by atoms with Crippen molar-refractivity contribution in [1.82, 2.24) is 14.9 Å². The van der Waals surface area contributed by atoms with Crippen molar-refractivity contribution in [2.45, 2.75) is 13.5 Å². The Morgan fingerprint density at radius 1 is 1.39 bits per heavy atom. The normalized spacial score (nSPS) is 10.6. The number of ether oxygens (including phenoxy) is 1. The molecule has 2 heterocycles. The van der Waals surface area contributed by atoms with Crippen LogP contribution in [-0.2, 0) is 11.3 Å². The maximum absolute atomic E-state index is 12.9. The highest BCUT2D eigenvalue weighted by Gasteiger charge is 2.20. The summed E-state index contributed by atoms with van der Waals surface area (Å²) in [5.41, 5.74) is 1.21. The van der Waals surface area contributed by atoms with Gasteiger partial charge in [0, 0.05) is 38.8 Å². The summed E-state index contributed by atoms with van der Waals surface area (Å²) in [6.07, 6.45) is 1.61. The standard InChI is InChI=1S/C16H22N4O2S/c1-12-14(10-17-16(18-12)19(2)3)15(21)20(7-8-22-4)11-13-6-5-9-23-13/h5-6,9-10H,7-8,11H2,1-4H3. The zero-order valence-corrected chi connectivity index (χ0v) is 14.8. The molecule has 0 fully saturated rings. The van der Waals surface area contributed by atoms with Crippen molar-refractivity contribution in [3.63, 3.8) is 0 Å². The largest absolute Gasteiger partial charge is 0.383 e. The average Bonchev–Trinajstić information content (AvgIpc) is 3.03. The molecule has 0 radical (unpaired) electrons. The Kier molecular flexibility index (Phi) is 6.06. The predicted octanol–water partition coefficient (Wildman–Crippen LogP) is 2.20. The van der Waals surface area contributed by atoms with Gasteiger partial charge in [0.15, 0.2) is 0 Å². The maximum Gasteiger partial charge on any atom is 0.257 e. The molecular weight excluding hydrogens is 312 g/mol. The topological polar surface area (TPSA) is 58.6 Å². The fourth-order valence-electron chi connectivity index (χ4n) is 2.10. The second-order valence-electron chi connectivity index (χ2n) is 5.36. The number of nitrogens with zero attached hydrogens (tertiary/aromatic N) is 4. The van der Waals surface area contributed by atoms with Gasteiger partial charge in [-0.15, -0.1) is 11.3 Å². The third kappa shape index (κ3) is 4.49. The minimum atomic E-state index is -0.0711. The Labute approximate surface area is 140 Å². The number of aromatic nitrogens is 2. The zero-order valence-electron chi connectivity index (χ0n) is 13.9. The predicted molar refractivity (Wildman–Crippen MR) is 92.0 cm³/mol. The molecule has 0 spiro atoms. The van der Waals surface area contributed by atoms with Crippen LogP contribution in [0.1, 0.15) is 20.9 Å². The van der Waals surface area contributed by atoms with Gasteiger partial charge in [-0.25, -0.2) is 9.97 Å². The lowest BCUT2D eigenvalue weighted by atomic mass is 10.2. The number of amides is 1. The van der Waals surface area contributed by atoms with E-state index >= 15 is 0 Å². The molecule has 23 heavy (non-hydrogen) atoms. The molecule has 0 aromatic carbocycles. The first kappa shape index (κ1) is 17.4. The average molecular weight is 334 g/mol. The van der Waals surface area contributed by atoms with Gasteiger partial charge in [-0.1, -0.05) is 6.07 Å². The van der Waals surface area contributed by atoms with E-state index in [1.165, 1.54) is 0 Å². The minimum absolute atomic E-state index is 0.0711. The number of hydrogen-bond acceptors (Lipinski definition) is 6. The van der Waals surface area contributed by atoms with E-state index in [2.05, 4.69) is 9.97 Å². The van der Waals surface area contributed by atoms with Gasteiger partial charge in [0.1, 0.15) is 0 Å². The Balaban J connectivity index is 2.22. The molecule has 0 N–H and O–H groups in total. The molecule has 2 rings (SSSR count). The van der Waals surface area contributed by atoms with Crippen LogP contribution >= 0.6 is 11.3 Å². The maximum atomic E-state index is 12.9. The number of rotatable bonds is 7. The molecule has 2 aromatic rings. The van der Waals surface area contributed by atoms with Gasteiger partial charge in [-0.3, -0.25) is 4.79 Å². The van der Waals surface area contributed by atoms with Gasteiger partial charge >= 0.3 is 0 Å². The number of anilines is 1. The van der Waals surface area contributed by atoms with Crippen LogP contribution in [-0.4, -0.2) is 55.1 Å². The highest BCUT2D eigenvalue weighted by molar-refractivity contribution is 7.09. The van der Waals surface area contributed by atoms with E-state index in [0.717, 1.165) is 4.88 Å². The second-order valence-corrected chi connectivity index (χ2v) is 6.39. The number of aryl methyl sites for hydroxylation is 1. The van der Waals surface area contributed by atoms with Crippen LogP contribution in [0.4, 0.5) is 5.95 Å². The van der Waals surface area contributed by atoms with Crippen molar-refractivity contribution in [3.8, 4) is 0 Å². The summed E-state index contributed by atoms with van der Waals surface area (Å²) in [6.45, 7) is 3.42. The molecule has 6 nitrogen and oxygen atoms in total. The lowest BCUT2D eigenvalue weighted by molar-refractivity contribution is 0.0681. The van der Waals surface area contributed by atoms with Crippen molar-refractivity contribution in [2.75, 3.05) is 39.3 Å². The van der Waals surface area contributed by atoms with Gasteiger partial charge in [-0.2, -0.15) is 0 Å². The molecule has 0 atom stereocenters. The second kappa shape index (κ2) is 8.03. The molecular formula is C16H22N4O2S. The Bertz CT molecular complexity index is 644. The SMILES string of the molecule is COCCN(Cc1cccs1)C(=O)c1cnc(N(C)C)nc1C. The minimum Gasteiger partial charge on any atom is -0.383 e. The van der Waals surface area contributed by atoms with Gasteiger partial charge in [0.05, 0.1) is 24.4 Å². The van der Waals surface area contributed by atoms with E-state index in [1.54, 1.807) is 29.5 Å². The smallest absolute Gasteiger partial charge is 0.257 e. The summed E-state index contributed by atoms with van der Waals surface area (Å²) in [6, 6.07) is 4.01. The molecule has 0 bridgehead atoms. The molecule has 1 amide bonds. The first-order valence-corrected chi connectivity index (χ1v) is 8.22. The molecule has 0 unspecified atom stereocenters. The number of methoxy groups -OCH3 is 1. The van der Waals surface area contributed by atoms with Crippen LogP contribution in [0.2, 0.25) is 0 Å². The van der Waals surface area contributed by atoms with Gasteiger partial charge in [0.25, 0.3) is 5.91 Å². The van der Waals surface area contributed by atoms with Crippen molar-refractivity contribution in [3.05, 3.63) is 39.8 Å². The first-order chi connectivity index (χ1) is 11.0. The molecule has 0 aliphatic heterocycles. The molecule has 124 valence electrons. The van der Waals surface area contributed by atoms with E-state index in [9.17, 15) is 4.79 Å². The third-order valence-corrected chi connectivity index (χ3v) is 4.24. The summed E-state index contributed by atoms with van der Waals surface area (Å²) in [7, 11) is 5.38. The molecule has 0 aliphatic rings. The van der Waals surface area contributed by atoms with Crippen molar-refractivity contribution < 1.29 is 9.53 Å². The van der Waals surface area contributed by atoms with Gasteiger partial charge in [-0.05, 0) is 18.4 Å². The highest BCUT2D eigenvalue weighted by atomic mass is 32.1. The van der Waals surface area contributed by atoms with E-state index in [-0.39, 0.29) is 5.91 Å². The lowest BCUT2D eigenvalue weighted by Crippen LogP contribution is -2.34. The summed E-state index contributed by atoms with van der Waals surface area (Å²) in [4.78, 5) is 26.2. The summed E-state index contributed by atoms with van der Waals surface area (Å²) < 4.78 is 5.13. The van der Waals surface area contributed by atoms with Crippen LogP contribution in [0.25, 0.3) is 0 Å². The third-order valence-electron chi connectivity index (χ3n) is 3.38. The van der Waals surface area contributed by atoms with Crippen LogP contribution in [0.5, 0.6) is 0 Å². The van der Waals surface area contributed by atoms with E-state index in [4.69, 9.17) is 4.74 Å². The highest BCUT2D eigenvalue weighted by Crippen LogP contribution is 2.16. The molecule has 0 saturated heterocycles. The Morgan fingerprint density at radius 2 is 2.17 bits per heavy atom. The van der Waals surface area contributed by atoms with E-state index < -0.39 is 0 Å². The summed E-state index contributed by atoms with van der Waals surface area (Å²) in [5, 5.41) is 2.01. The van der Waals surface area contributed by atoms with E-state index in [1.807, 2.05) is 43.4 Å². The van der Waals surface area contributed by atoms with Crippen LogP contribution < -0.4 is 4.90 Å². The van der Waals surface area contributed by atoms with E-state index in [0.29, 0.717) is 36.9 Å². The lowest BCUT2D eigenvalue weighted by Gasteiger charge is -2.22. The molecule has 2 aromatic heterocycles. The fraction of sp³-hybridized carbons (Fsp3) is 0.438. The number of thiophene rings is 1. The molecule has 7 heteroatoms. The fourth-order valence-corrected chi connectivity index (χ4v) is 2.81. The van der Waals surface area contributed by atoms with Gasteiger partial charge in [0.2, 0.25) is 5.95 Å². The monoisotopic (exact) mass is 334 g/mol. The van der Waals surface area contributed by atoms with Crippen LogP contribution in [0.3, 0.4) is 0 Å². The van der Waals surface area contributed by atoms with Crippen LogP contribution in [0.15, 0.2) is 23.7 Å². The first-order valence-electron chi connectivity index (χ1n) is 7.34. The van der Waals surface area contributed by atoms with Crippen molar-refractivity contribution in [2.24, 2.45) is 0 Å². The summed E-state index contributed by atoms with van der Waals surface area (Å²) >= 11 is 1.64. The van der Waals surface area contributed by atoms with Crippen LogP contribution in [0, 0.1) is 6.92 Å². The van der Waals surface area contributed by atoms with Gasteiger partial charge < -0.3 is 14.5 Å². The number of hydrogen-bond donors (Lipinski definition) is 0. The number of carbonyl (C=O) groups is 1. The molecule has 0 saturated carbocycles.